The fourth-order valence-corrected chi connectivity index (χ4v) is 2.60. The summed E-state index contributed by atoms with van der Waals surface area (Å²) in [6, 6.07) is 27.5. The lowest BCUT2D eigenvalue weighted by Crippen LogP contribution is -2.26. The Labute approximate surface area is 184 Å². The molecule has 3 aromatic carbocycles. The lowest BCUT2D eigenvalue weighted by Gasteiger charge is -2.23. The van der Waals surface area contributed by atoms with E-state index in [0.717, 1.165) is 17.1 Å². The Morgan fingerprint density at radius 1 is 0.567 bits per heavy atom. The zero-order valence-corrected chi connectivity index (χ0v) is 19.9. The van der Waals surface area contributed by atoms with Crippen LogP contribution >= 0.6 is 0 Å². The van der Waals surface area contributed by atoms with Crippen molar-refractivity contribution in [1.82, 2.24) is 0 Å². The Kier molecular flexibility index (Phi) is 14.2. The van der Waals surface area contributed by atoms with Crippen molar-refractivity contribution in [3.63, 3.8) is 0 Å². The fourth-order valence-electron chi connectivity index (χ4n) is 2.60. The van der Waals surface area contributed by atoms with Crippen LogP contribution in [0.4, 0.5) is 17.1 Å². The van der Waals surface area contributed by atoms with Gasteiger partial charge in [0.05, 0.1) is 0 Å². The summed E-state index contributed by atoms with van der Waals surface area (Å²) >= 11 is 0. The molecule has 0 fully saturated rings. The summed E-state index contributed by atoms with van der Waals surface area (Å²) < 4.78 is 0. The van der Waals surface area contributed by atoms with Crippen molar-refractivity contribution in [3.05, 3.63) is 90.5 Å². The van der Waals surface area contributed by atoms with Crippen LogP contribution in [0.1, 0.15) is 51.9 Å². The Bertz CT molecular complexity index is 817. The van der Waals surface area contributed by atoms with Crippen LogP contribution in [0.5, 0.6) is 0 Å². The van der Waals surface area contributed by atoms with Crippen molar-refractivity contribution in [2.45, 2.75) is 41.5 Å². The van der Waals surface area contributed by atoms with Gasteiger partial charge in [0, 0.05) is 36.7 Å². The quantitative estimate of drug-likeness (QED) is 0.441. The van der Waals surface area contributed by atoms with E-state index in [0.29, 0.717) is 5.56 Å². The molecular formula is C27H38N2O. The zero-order valence-electron chi connectivity index (χ0n) is 19.9. The Hall–Kier alpha value is -3.07. The Morgan fingerprint density at radius 2 is 1.00 bits per heavy atom. The van der Waals surface area contributed by atoms with Gasteiger partial charge in [-0.1, -0.05) is 84.0 Å². The molecule has 3 nitrogen and oxygen atoms in total. The van der Waals surface area contributed by atoms with Crippen LogP contribution in [0, 0.1) is 0 Å². The van der Waals surface area contributed by atoms with Gasteiger partial charge in [-0.05, 0) is 42.5 Å². The summed E-state index contributed by atoms with van der Waals surface area (Å²) in [6.45, 7) is 12.0. The first-order valence-corrected chi connectivity index (χ1v) is 10.9. The third-order valence-corrected chi connectivity index (χ3v) is 4.07. The van der Waals surface area contributed by atoms with Crippen molar-refractivity contribution in [2.24, 2.45) is 0 Å². The van der Waals surface area contributed by atoms with Gasteiger partial charge in [0.25, 0.3) is 5.91 Å². The monoisotopic (exact) mass is 406 g/mol. The summed E-state index contributed by atoms with van der Waals surface area (Å²) in [5, 5.41) is 0. The molecule has 3 heteroatoms. The molecule has 0 bridgehead atoms. The van der Waals surface area contributed by atoms with E-state index in [4.69, 9.17) is 0 Å². The number of carbonyl (C=O) groups excluding carboxylic acids is 1. The maximum atomic E-state index is 12.6. The molecule has 30 heavy (non-hydrogen) atoms. The highest BCUT2D eigenvalue weighted by Crippen LogP contribution is 2.27. The zero-order chi connectivity index (χ0) is 22.9. The van der Waals surface area contributed by atoms with Gasteiger partial charge in [-0.3, -0.25) is 4.79 Å². The third-order valence-electron chi connectivity index (χ3n) is 4.07. The maximum Gasteiger partial charge on any atom is 0.258 e. The highest BCUT2D eigenvalue weighted by Gasteiger charge is 2.14. The first-order valence-electron chi connectivity index (χ1n) is 10.9. The fraction of sp³-hybridized carbons (Fsp3) is 0.296. The van der Waals surface area contributed by atoms with E-state index in [1.165, 1.54) is 0 Å². The molecule has 0 spiro atoms. The van der Waals surface area contributed by atoms with E-state index in [2.05, 4.69) is 17.0 Å². The molecule has 0 aliphatic heterocycles. The van der Waals surface area contributed by atoms with Gasteiger partial charge in [0.2, 0.25) is 0 Å². The van der Waals surface area contributed by atoms with Crippen molar-refractivity contribution >= 4 is 23.0 Å². The predicted octanol–water partition coefficient (Wildman–Crippen LogP) is 7.81. The van der Waals surface area contributed by atoms with Crippen LogP contribution in [0.3, 0.4) is 0 Å². The van der Waals surface area contributed by atoms with E-state index in [1.807, 2.05) is 121 Å². The van der Waals surface area contributed by atoms with E-state index in [-0.39, 0.29) is 5.91 Å². The lowest BCUT2D eigenvalue weighted by molar-refractivity contribution is 0.0993. The number of hydrogen-bond donors (Lipinski definition) is 0. The van der Waals surface area contributed by atoms with E-state index >= 15 is 0 Å². The molecule has 0 saturated carbocycles. The first-order chi connectivity index (χ1) is 14.7. The van der Waals surface area contributed by atoms with Crippen molar-refractivity contribution in [2.75, 3.05) is 23.9 Å². The molecule has 0 aromatic heterocycles. The summed E-state index contributed by atoms with van der Waals surface area (Å²) in [6.07, 6.45) is 0. The molecular weight excluding hydrogens is 368 g/mol. The van der Waals surface area contributed by atoms with E-state index in [9.17, 15) is 4.79 Å². The highest BCUT2D eigenvalue weighted by molar-refractivity contribution is 6.05. The molecule has 0 saturated heterocycles. The van der Waals surface area contributed by atoms with E-state index in [1.54, 1.807) is 11.9 Å². The summed E-state index contributed by atoms with van der Waals surface area (Å²) in [7, 11) is 3.82. The summed E-state index contributed by atoms with van der Waals surface area (Å²) in [4.78, 5) is 16.4. The molecule has 0 atom stereocenters. The number of para-hydroxylation sites is 1. The van der Waals surface area contributed by atoms with Crippen LogP contribution < -0.4 is 9.80 Å². The molecule has 0 aliphatic rings. The molecule has 0 aliphatic carbocycles. The van der Waals surface area contributed by atoms with E-state index < -0.39 is 0 Å². The Morgan fingerprint density at radius 3 is 1.53 bits per heavy atom. The second-order valence-corrected chi connectivity index (χ2v) is 5.64. The SMILES string of the molecule is CC.CC.CC.CN(C(=O)c1ccccc1)c1cccc(N(C)c2ccccc2)c1. The second kappa shape index (κ2) is 15.8. The largest absolute Gasteiger partial charge is 0.345 e. The number of amides is 1. The number of rotatable bonds is 4. The number of benzene rings is 3. The average molecular weight is 407 g/mol. The van der Waals surface area contributed by atoms with Crippen molar-refractivity contribution in [1.29, 1.82) is 0 Å². The number of hydrogen-bond acceptors (Lipinski definition) is 2. The summed E-state index contributed by atoms with van der Waals surface area (Å²) in [5.41, 5.74) is 3.68. The number of nitrogens with zero attached hydrogens (tertiary/aromatic N) is 2. The minimum atomic E-state index is -0.0184. The molecule has 3 aromatic rings. The molecule has 0 radical (unpaired) electrons. The molecule has 0 N–H and O–H groups in total. The number of anilines is 3. The molecule has 0 unspecified atom stereocenters. The van der Waals surface area contributed by atoms with Crippen LogP contribution in [0.2, 0.25) is 0 Å². The predicted molar refractivity (Wildman–Crippen MR) is 134 cm³/mol. The normalized spacial score (nSPS) is 8.80. The number of carbonyl (C=O) groups is 1. The van der Waals surface area contributed by atoms with Crippen molar-refractivity contribution in [3.8, 4) is 0 Å². The van der Waals surface area contributed by atoms with Crippen molar-refractivity contribution < 1.29 is 4.79 Å². The maximum absolute atomic E-state index is 12.6. The highest BCUT2D eigenvalue weighted by atomic mass is 16.2. The summed E-state index contributed by atoms with van der Waals surface area (Å²) in [5.74, 6) is -0.0184. The van der Waals surface area contributed by atoms with Gasteiger partial charge >= 0.3 is 0 Å². The smallest absolute Gasteiger partial charge is 0.258 e. The van der Waals surface area contributed by atoms with Gasteiger partial charge < -0.3 is 9.80 Å². The third kappa shape index (κ3) is 7.75. The lowest BCUT2D eigenvalue weighted by atomic mass is 10.1. The van der Waals surface area contributed by atoms with Gasteiger partial charge in [0.15, 0.2) is 0 Å². The topological polar surface area (TPSA) is 23.6 Å². The molecule has 3 rings (SSSR count). The van der Waals surface area contributed by atoms with Crippen LogP contribution in [0.15, 0.2) is 84.9 Å². The standard InChI is InChI=1S/C21H20N2O.3C2H6/c1-22(18-12-7-4-8-13-18)19-14-9-15-20(16-19)23(2)21(24)17-10-5-3-6-11-17;3*1-2/h3-16H,1-2H3;3*1-2H3. The first kappa shape index (κ1) is 26.9. The van der Waals surface area contributed by atoms with Gasteiger partial charge in [-0.25, -0.2) is 0 Å². The Balaban J connectivity index is 0.00000129. The van der Waals surface area contributed by atoms with Crippen LogP contribution in [-0.2, 0) is 0 Å². The van der Waals surface area contributed by atoms with Gasteiger partial charge in [-0.15, -0.1) is 0 Å². The minimum absolute atomic E-state index is 0.0184. The molecule has 162 valence electrons. The van der Waals surface area contributed by atoms with Crippen LogP contribution in [0.25, 0.3) is 0 Å². The second-order valence-electron chi connectivity index (χ2n) is 5.64. The molecule has 1 amide bonds. The van der Waals surface area contributed by atoms with Crippen LogP contribution in [-0.4, -0.2) is 20.0 Å². The van der Waals surface area contributed by atoms with Gasteiger partial charge in [-0.2, -0.15) is 0 Å². The van der Waals surface area contributed by atoms with Gasteiger partial charge in [0.1, 0.15) is 0 Å². The minimum Gasteiger partial charge on any atom is -0.345 e. The average Bonchev–Trinajstić information content (AvgIpc) is 2.87. The molecule has 0 heterocycles.